The van der Waals surface area contributed by atoms with Gasteiger partial charge in [0.15, 0.2) is 0 Å². The average molecular weight is 331 g/mol. The number of fused-ring (bicyclic) bond motifs is 1. The lowest BCUT2D eigenvalue weighted by atomic mass is 10.0. The first-order valence-electron chi connectivity index (χ1n) is 9.19. The minimum Gasteiger partial charge on any atom is -0.354 e. The van der Waals surface area contributed by atoms with Gasteiger partial charge < -0.3 is 9.80 Å². The van der Waals surface area contributed by atoms with Gasteiger partial charge in [0.2, 0.25) is 0 Å². The number of likely N-dealkylation sites (N-methyl/N-ethyl adjacent to an activating group) is 1. The SMILES string of the molecule is CCN1CCN(c2nc(-c3ccc(C)cc3)cc3ccccc23)CC1. The van der Waals surface area contributed by atoms with Gasteiger partial charge in [0.25, 0.3) is 0 Å². The van der Waals surface area contributed by atoms with Crippen LogP contribution >= 0.6 is 0 Å². The molecule has 0 N–H and O–H groups in total. The van der Waals surface area contributed by atoms with E-state index in [2.05, 4.69) is 78.2 Å². The maximum atomic E-state index is 5.08. The first kappa shape index (κ1) is 16.1. The van der Waals surface area contributed by atoms with Gasteiger partial charge in [0.1, 0.15) is 5.82 Å². The van der Waals surface area contributed by atoms with Crippen molar-refractivity contribution in [2.24, 2.45) is 0 Å². The topological polar surface area (TPSA) is 19.4 Å². The van der Waals surface area contributed by atoms with Crippen LogP contribution in [-0.4, -0.2) is 42.6 Å². The van der Waals surface area contributed by atoms with Gasteiger partial charge in [-0.2, -0.15) is 0 Å². The summed E-state index contributed by atoms with van der Waals surface area (Å²) >= 11 is 0. The molecule has 1 aliphatic rings. The minimum absolute atomic E-state index is 1.04. The molecule has 3 nitrogen and oxygen atoms in total. The van der Waals surface area contributed by atoms with Crippen LogP contribution in [0.1, 0.15) is 12.5 Å². The Morgan fingerprint density at radius 3 is 2.36 bits per heavy atom. The van der Waals surface area contributed by atoms with Crippen molar-refractivity contribution in [2.75, 3.05) is 37.6 Å². The fraction of sp³-hybridized carbons (Fsp3) is 0.318. The summed E-state index contributed by atoms with van der Waals surface area (Å²) in [7, 11) is 0. The van der Waals surface area contributed by atoms with Gasteiger partial charge in [-0.1, -0.05) is 61.0 Å². The van der Waals surface area contributed by atoms with Crippen LogP contribution in [0.4, 0.5) is 5.82 Å². The molecule has 3 aromatic rings. The zero-order valence-electron chi connectivity index (χ0n) is 15.1. The van der Waals surface area contributed by atoms with Gasteiger partial charge in [0.05, 0.1) is 5.69 Å². The Bertz CT molecular complexity index is 862. The molecule has 1 aliphatic heterocycles. The Morgan fingerprint density at radius 1 is 0.920 bits per heavy atom. The molecule has 0 saturated carbocycles. The van der Waals surface area contributed by atoms with E-state index in [1.54, 1.807) is 0 Å². The summed E-state index contributed by atoms with van der Waals surface area (Å²) in [5.74, 6) is 1.13. The van der Waals surface area contributed by atoms with E-state index in [0.717, 1.165) is 44.2 Å². The number of rotatable bonds is 3. The molecule has 0 unspecified atom stereocenters. The number of piperazine rings is 1. The molecular weight excluding hydrogens is 306 g/mol. The van der Waals surface area contributed by atoms with E-state index in [1.807, 2.05) is 0 Å². The van der Waals surface area contributed by atoms with E-state index in [0.29, 0.717) is 0 Å². The zero-order chi connectivity index (χ0) is 17.2. The van der Waals surface area contributed by atoms with Crippen LogP contribution in [-0.2, 0) is 0 Å². The highest BCUT2D eigenvalue weighted by Crippen LogP contribution is 2.30. The maximum Gasteiger partial charge on any atom is 0.137 e. The summed E-state index contributed by atoms with van der Waals surface area (Å²) in [5.41, 5.74) is 3.52. The minimum atomic E-state index is 1.04. The number of hydrogen-bond acceptors (Lipinski definition) is 3. The first-order valence-corrected chi connectivity index (χ1v) is 9.19. The molecule has 128 valence electrons. The standard InChI is InChI=1S/C22H25N3/c1-3-24-12-14-25(15-13-24)22-20-7-5-4-6-19(20)16-21(23-22)18-10-8-17(2)9-11-18/h4-11,16H,3,12-15H2,1-2H3. The Labute approximate surface area is 149 Å². The number of hydrogen-bond donors (Lipinski definition) is 0. The lowest BCUT2D eigenvalue weighted by molar-refractivity contribution is 0.271. The fourth-order valence-electron chi connectivity index (χ4n) is 3.57. The number of anilines is 1. The van der Waals surface area contributed by atoms with Crippen LogP contribution in [0.15, 0.2) is 54.6 Å². The molecular formula is C22H25N3. The molecule has 2 heterocycles. The van der Waals surface area contributed by atoms with Crippen molar-refractivity contribution < 1.29 is 0 Å². The van der Waals surface area contributed by atoms with Crippen LogP contribution < -0.4 is 4.90 Å². The van der Waals surface area contributed by atoms with Crippen molar-refractivity contribution in [3.8, 4) is 11.3 Å². The molecule has 1 saturated heterocycles. The van der Waals surface area contributed by atoms with E-state index in [-0.39, 0.29) is 0 Å². The largest absolute Gasteiger partial charge is 0.354 e. The second-order valence-corrected chi connectivity index (χ2v) is 6.84. The number of aromatic nitrogens is 1. The number of nitrogens with zero attached hydrogens (tertiary/aromatic N) is 3. The molecule has 1 aromatic heterocycles. The van der Waals surface area contributed by atoms with Crippen molar-refractivity contribution in [3.63, 3.8) is 0 Å². The predicted molar refractivity (Wildman–Crippen MR) is 106 cm³/mol. The monoisotopic (exact) mass is 331 g/mol. The Hall–Kier alpha value is -2.39. The highest BCUT2D eigenvalue weighted by atomic mass is 15.3. The molecule has 0 amide bonds. The van der Waals surface area contributed by atoms with E-state index in [1.165, 1.54) is 21.9 Å². The quantitative estimate of drug-likeness (QED) is 0.711. The van der Waals surface area contributed by atoms with Gasteiger partial charge in [-0.25, -0.2) is 4.98 Å². The average Bonchev–Trinajstić information content (AvgIpc) is 2.68. The van der Waals surface area contributed by atoms with Gasteiger partial charge in [-0.05, 0) is 24.9 Å². The van der Waals surface area contributed by atoms with Crippen LogP contribution in [0.25, 0.3) is 22.0 Å². The van der Waals surface area contributed by atoms with Crippen molar-refractivity contribution in [3.05, 3.63) is 60.2 Å². The zero-order valence-corrected chi connectivity index (χ0v) is 15.1. The van der Waals surface area contributed by atoms with E-state index in [9.17, 15) is 0 Å². The maximum absolute atomic E-state index is 5.08. The summed E-state index contributed by atoms with van der Waals surface area (Å²) in [6.07, 6.45) is 0. The number of aryl methyl sites for hydroxylation is 1. The second-order valence-electron chi connectivity index (χ2n) is 6.84. The van der Waals surface area contributed by atoms with Gasteiger partial charge in [0, 0.05) is 37.1 Å². The second kappa shape index (κ2) is 6.85. The molecule has 2 aromatic carbocycles. The van der Waals surface area contributed by atoms with E-state index in [4.69, 9.17) is 4.98 Å². The van der Waals surface area contributed by atoms with E-state index >= 15 is 0 Å². The molecule has 0 radical (unpaired) electrons. The van der Waals surface area contributed by atoms with E-state index < -0.39 is 0 Å². The molecule has 0 atom stereocenters. The lowest BCUT2D eigenvalue weighted by Crippen LogP contribution is -2.46. The van der Waals surface area contributed by atoms with Gasteiger partial charge >= 0.3 is 0 Å². The third-order valence-corrected chi connectivity index (χ3v) is 5.19. The Kier molecular flexibility index (Phi) is 4.41. The molecule has 4 rings (SSSR count). The van der Waals surface area contributed by atoms with Crippen molar-refractivity contribution >= 4 is 16.6 Å². The summed E-state index contributed by atoms with van der Waals surface area (Å²) in [6, 6.07) is 19.5. The molecule has 1 fully saturated rings. The smallest absolute Gasteiger partial charge is 0.137 e. The normalized spacial score (nSPS) is 15.7. The van der Waals surface area contributed by atoms with Crippen molar-refractivity contribution in [1.29, 1.82) is 0 Å². The summed E-state index contributed by atoms with van der Waals surface area (Å²) in [5, 5.41) is 2.52. The fourth-order valence-corrected chi connectivity index (χ4v) is 3.57. The summed E-state index contributed by atoms with van der Waals surface area (Å²) in [4.78, 5) is 10.0. The van der Waals surface area contributed by atoms with Crippen LogP contribution in [0.5, 0.6) is 0 Å². The summed E-state index contributed by atoms with van der Waals surface area (Å²) in [6.45, 7) is 9.80. The Morgan fingerprint density at radius 2 is 1.64 bits per heavy atom. The van der Waals surface area contributed by atoms with Crippen LogP contribution in [0.3, 0.4) is 0 Å². The molecule has 0 aliphatic carbocycles. The van der Waals surface area contributed by atoms with Crippen molar-refractivity contribution in [1.82, 2.24) is 9.88 Å². The Balaban J connectivity index is 1.78. The van der Waals surface area contributed by atoms with Crippen molar-refractivity contribution in [2.45, 2.75) is 13.8 Å². The molecule has 25 heavy (non-hydrogen) atoms. The summed E-state index contributed by atoms with van der Waals surface area (Å²) < 4.78 is 0. The third kappa shape index (κ3) is 3.24. The lowest BCUT2D eigenvalue weighted by Gasteiger charge is -2.35. The van der Waals surface area contributed by atoms with Gasteiger partial charge in [-0.15, -0.1) is 0 Å². The molecule has 0 spiro atoms. The molecule has 3 heteroatoms. The van der Waals surface area contributed by atoms with Crippen LogP contribution in [0.2, 0.25) is 0 Å². The number of pyridine rings is 1. The highest BCUT2D eigenvalue weighted by molar-refractivity contribution is 5.95. The highest BCUT2D eigenvalue weighted by Gasteiger charge is 2.19. The third-order valence-electron chi connectivity index (χ3n) is 5.19. The number of benzene rings is 2. The van der Waals surface area contributed by atoms with Crippen LogP contribution in [0, 0.1) is 6.92 Å². The van der Waals surface area contributed by atoms with Gasteiger partial charge in [-0.3, -0.25) is 0 Å². The first-order chi connectivity index (χ1) is 12.2. The molecule has 0 bridgehead atoms. The predicted octanol–water partition coefficient (Wildman–Crippen LogP) is 4.35.